The van der Waals surface area contributed by atoms with Crippen molar-refractivity contribution in [2.75, 3.05) is 42.8 Å². The Labute approximate surface area is 375 Å². The third-order valence-corrected chi connectivity index (χ3v) is 12.5. The highest BCUT2D eigenvalue weighted by Gasteiger charge is 2.41. The van der Waals surface area contributed by atoms with Crippen LogP contribution >= 0.6 is 0 Å². The summed E-state index contributed by atoms with van der Waals surface area (Å²) >= 11 is 0. The van der Waals surface area contributed by atoms with E-state index in [0.29, 0.717) is 88.9 Å². The Morgan fingerprint density at radius 1 is 0.609 bits per heavy atom. The molecule has 2 aliphatic rings. The van der Waals surface area contributed by atoms with Crippen LogP contribution in [0.25, 0.3) is 0 Å². The molecule has 2 aliphatic heterocycles. The van der Waals surface area contributed by atoms with Crippen molar-refractivity contribution in [3.8, 4) is 0 Å². The molecule has 0 spiro atoms. The van der Waals surface area contributed by atoms with E-state index in [1.165, 1.54) is 26.4 Å². The molecule has 0 aliphatic carbocycles. The summed E-state index contributed by atoms with van der Waals surface area (Å²) < 4.78 is 23.6. The highest BCUT2D eigenvalue weighted by atomic mass is 19.1. The summed E-state index contributed by atoms with van der Waals surface area (Å²) in [5.74, 6) is -1.79. The Kier molecular flexibility index (Phi) is 17.9. The molecule has 16 heteroatoms. The lowest BCUT2D eigenvalue weighted by Gasteiger charge is -2.32. The maximum absolute atomic E-state index is 14.0. The number of hydrogen-bond donors (Lipinski definition) is 4. The maximum atomic E-state index is 14.0. The number of rotatable bonds is 19. The molecule has 2 fully saturated rings. The lowest BCUT2D eigenvalue weighted by molar-refractivity contribution is -0.139. The number of amides is 6. The van der Waals surface area contributed by atoms with Crippen LogP contribution in [-0.2, 0) is 41.7 Å². The number of ether oxygens (including phenoxy) is 2. The first kappa shape index (κ1) is 48.8. The molecular weight excluding hydrogens is 822 g/mol. The van der Waals surface area contributed by atoms with Gasteiger partial charge in [0.05, 0.1) is 14.2 Å². The highest BCUT2D eigenvalue weighted by Crippen LogP contribution is 2.27. The van der Waals surface area contributed by atoms with E-state index in [9.17, 15) is 33.2 Å². The zero-order valence-electron chi connectivity index (χ0n) is 37.9. The zero-order chi connectivity index (χ0) is 46.3. The first-order valence-corrected chi connectivity index (χ1v) is 22.4. The van der Waals surface area contributed by atoms with Gasteiger partial charge < -0.3 is 45.4 Å². The van der Waals surface area contributed by atoms with Crippen LogP contribution in [-0.4, -0.2) is 97.1 Å². The number of methoxy groups -OCH3 is 2. The third kappa shape index (κ3) is 12.5. The molecule has 4 N–H and O–H groups in total. The van der Waals surface area contributed by atoms with Crippen LogP contribution in [0.1, 0.15) is 90.2 Å². The lowest BCUT2D eigenvalue weighted by atomic mass is 9.93. The Hall–Kier alpha value is -6.19. The van der Waals surface area contributed by atoms with E-state index in [0.717, 1.165) is 16.8 Å². The van der Waals surface area contributed by atoms with Crippen molar-refractivity contribution in [2.24, 2.45) is 11.8 Å². The first-order valence-electron chi connectivity index (χ1n) is 22.4. The van der Waals surface area contributed by atoms with Gasteiger partial charge in [-0.25, -0.2) is 14.0 Å². The van der Waals surface area contributed by atoms with E-state index in [-0.39, 0.29) is 41.3 Å². The summed E-state index contributed by atoms with van der Waals surface area (Å²) in [5, 5.41) is 11.3. The van der Waals surface area contributed by atoms with Gasteiger partial charge in [0, 0.05) is 43.2 Å². The molecular formula is C48H64FN7O8. The second-order valence-corrected chi connectivity index (χ2v) is 16.5. The van der Waals surface area contributed by atoms with Gasteiger partial charge in [0.15, 0.2) is 0 Å². The maximum Gasteiger partial charge on any atom is 0.407 e. The Balaban J connectivity index is 1.23. The fraction of sp³-hybridized carbons (Fsp3) is 0.500. The van der Waals surface area contributed by atoms with Crippen molar-refractivity contribution in [1.82, 2.24) is 20.4 Å². The van der Waals surface area contributed by atoms with Gasteiger partial charge in [0.2, 0.25) is 23.6 Å². The summed E-state index contributed by atoms with van der Waals surface area (Å²) in [7, 11) is 2.51. The monoisotopic (exact) mass is 885 g/mol. The number of anilines is 3. The summed E-state index contributed by atoms with van der Waals surface area (Å²) in [5.41, 5.74) is 3.77. The summed E-state index contributed by atoms with van der Waals surface area (Å²) in [6.45, 7) is 9.55. The van der Waals surface area contributed by atoms with E-state index < -0.39 is 36.4 Å². The number of carbonyl (C=O) groups excluding carboxylic acids is 6. The van der Waals surface area contributed by atoms with Gasteiger partial charge in [-0.3, -0.25) is 19.2 Å². The van der Waals surface area contributed by atoms with Gasteiger partial charge in [-0.15, -0.1) is 0 Å². The van der Waals surface area contributed by atoms with E-state index in [2.05, 4.69) is 26.2 Å². The van der Waals surface area contributed by atoms with Crippen molar-refractivity contribution < 1.29 is 42.6 Å². The average molecular weight is 886 g/mol. The molecule has 0 radical (unpaired) electrons. The Morgan fingerprint density at radius 3 is 1.33 bits per heavy atom. The fourth-order valence-corrected chi connectivity index (χ4v) is 8.79. The van der Waals surface area contributed by atoms with Crippen LogP contribution < -0.4 is 26.2 Å². The van der Waals surface area contributed by atoms with Crippen molar-refractivity contribution in [3.63, 3.8) is 0 Å². The van der Waals surface area contributed by atoms with Crippen LogP contribution in [0.2, 0.25) is 0 Å². The minimum Gasteiger partial charge on any atom is -0.453 e. The first-order chi connectivity index (χ1) is 30.8. The highest BCUT2D eigenvalue weighted by molar-refractivity contribution is 5.99. The Morgan fingerprint density at radius 2 is 0.984 bits per heavy atom. The number of nitrogens with one attached hydrogen (secondary N) is 4. The van der Waals surface area contributed by atoms with Crippen molar-refractivity contribution in [3.05, 3.63) is 89.7 Å². The molecule has 0 aromatic heterocycles. The van der Waals surface area contributed by atoms with Gasteiger partial charge in [0.25, 0.3) is 0 Å². The molecule has 4 atom stereocenters. The predicted octanol–water partition coefficient (Wildman–Crippen LogP) is 7.21. The zero-order valence-corrected chi connectivity index (χ0v) is 37.9. The third-order valence-electron chi connectivity index (χ3n) is 12.5. The van der Waals surface area contributed by atoms with E-state index in [4.69, 9.17) is 9.47 Å². The number of likely N-dealkylation sites (tertiary alicyclic amines) is 2. The van der Waals surface area contributed by atoms with Crippen LogP contribution in [0.4, 0.5) is 31.0 Å². The smallest absolute Gasteiger partial charge is 0.407 e. The van der Waals surface area contributed by atoms with Gasteiger partial charge in [0.1, 0.15) is 30.0 Å². The number of alkyl carbamates (subject to hydrolysis) is 2. The SMILES string of the molecule is CCC(CC)C(NC(=O)OC)C(=O)N1CCCC1C(=O)Nc1ccc(CN(Cc2ccc(NC(=O)C3CCCN3C(=O)C(NC(=O)OC)C(CC)CC)cc2)c2ccc(F)cc2)cc1. The van der Waals surface area contributed by atoms with Crippen LogP contribution in [0.3, 0.4) is 0 Å². The minimum absolute atomic E-state index is 0.115. The lowest BCUT2D eigenvalue weighted by Crippen LogP contribution is -2.55. The molecule has 346 valence electrons. The molecule has 0 bridgehead atoms. The second kappa shape index (κ2) is 23.5. The molecule has 6 amide bonds. The molecule has 3 aromatic carbocycles. The van der Waals surface area contributed by atoms with E-state index >= 15 is 0 Å². The number of nitrogens with zero attached hydrogens (tertiary/aromatic N) is 3. The fourth-order valence-electron chi connectivity index (χ4n) is 8.79. The van der Waals surface area contributed by atoms with E-state index in [1.54, 1.807) is 46.2 Å². The van der Waals surface area contributed by atoms with Crippen molar-refractivity contribution in [1.29, 1.82) is 0 Å². The average Bonchev–Trinajstić information content (AvgIpc) is 4.01. The Bertz CT molecular complexity index is 1920. The van der Waals surface area contributed by atoms with Gasteiger partial charge in [-0.2, -0.15) is 0 Å². The number of hydrogen-bond acceptors (Lipinski definition) is 9. The standard InChI is InChI=1S/C48H64FN7O8/c1-7-33(8-2)41(52-47(61)63-5)45(59)55-27-11-13-39(55)43(57)50-36-21-15-31(16-22-36)29-54(38-25-19-35(49)20-26-38)30-32-17-23-37(24-18-32)51-44(58)40-14-12-28-56(40)46(60)42(34(9-3)10-4)53-48(62)64-6/h15-26,33-34,39-42H,7-14,27-30H2,1-6H3,(H,50,57)(H,51,58)(H,52,61)(H,53,62). The molecule has 3 aromatic rings. The van der Waals surface area contributed by atoms with Crippen LogP contribution in [0.5, 0.6) is 0 Å². The number of halogens is 1. The second-order valence-electron chi connectivity index (χ2n) is 16.5. The molecule has 0 saturated carbocycles. The van der Waals surface area contributed by atoms with Gasteiger partial charge in [-0.1, -0.05) is 77.6 Å². The molecule has 5 rings (SSSR count). The minimum atomic E-state index is -0.804. The van der Waals surface area contributed by atoms with Gasteiger partial charge in [-0.05, 0) is 97.2 Å². The summed E-state index contributed by atoms with van der Waals surface area (Å²) in [6.07, 6.45) is 3.62. The van der Waals surface area contributed by atoms with Crippen LogP contribution in [0.15, 0.2) is 72.8 Å². The quantitative estimate of drug-likeness (QED) is 0.0968. The predicted molar refractivity (Wildman–Crippen MR) is 243 cm³/mol. The molecule has 4 unspecified atom stereocenters. The van der Waals surface area contributed by atoms with Crippen LogP contribution in [0, 0.1) is 17.7 Å². The van der Waals surface area contributed by atoms with E-state index in [1.807, 2.05) is 52.0 Å². The summed E-state index contributed by atoms with van der Waals surface area (Å²) in [4.78, 5) is 84.3. The molecule has 64 heavy (non-hydrogen) atoms. The number of benzene rings is 3. The largest absolute Gasteiger partial charge is 0.453 e. The topological polar surface area (TPSA) is 179 Å². The number of carbonyl (C=O) groups is 6. The molecule has 2 saturated heterocycles. The van der Waals surface area contributed by atoms with Gasteiger partial charge >= 0.3 is 12.2 Å². The van der Waals surface area contributed by atoms with Crippen molar-refractivity contribution in [2.45, 2.75) is 116 Å². The molecule has 15 nitrogen and oxygen atoms in total. The summed E-state index contributed by atoms with van der Waals surface area (Å²) in [6, 6.07) is 18.1. The van der Waals surface area contributed by atoms with Crippen molar-refractivity contribution >= 4 is 52.9 Å². The normalized spacial score (nSPS) is 16.8. The molecule has 2 heterocycles.